The lowest BCUT2D eigenvalue weighted by atomic mass is 10.0. The molecule has 0 saturated carbocycles. The molecular weight excluding hydrogens is 416 g/mol. The first-order valence-corrected chi connectivity index (χ1v) is 12.6. The molecule has 1 fully saturated rings. The molecule has 158 valence electrons. The number of hydrogen-bond donors (Lipinski definition) is 0. The Kier molecular flexibility index (Phi) is 6.22. The molecule has 1 aliphatic heterocycles. The quantitative estimate of drug-likeness (QED) is 0.569. The summed E-state index contributed by atoms with van der Waals surface area (Å²) >= 11 is 1.20. The highest BCUT2D eigenvalue weighted by Gasteiger charge is 2.31. The first kappa shape index (κ1) is 21.0. The van der Waals surface area contributed by atoms with E-state index in [0.29, 0.717) is 30.9 Å². The van der Waals surface area contributed by atoms with Crippen molar-refractivity contribution in [1.82, 2.24) is 9.21 Å². The molecule has 1 aliphatic rings. The van der Waals surface area contributed by atoms with Crippen molar-refractivity contribution in [2.45, 2.75) is 30.6 Å². The SMILES string of the molecule is CN(CCc1cccc2ccccc12)C(=O)c1sccc1S(=O)(=O)N1CCCCC1. The van der Waals surface area contributed by atoms with E-state index in [1.165, 1.54) is 32.0 Å². The van der Waals surface area contributed by atoms with Crippen LogP contribution in [-0.4, -0.2) is 50.2 Å². The molecule has 1 amide bonds. The lowest BCUT2D eigenvalue weighted by molar-refractivity contribution is 0.0798. The summed E-state index contributed by atoms with van der Waals surface area (Å²) in [6.07, 6.45) is 3.51. The second-order valence-corrected chi connectivity index (χ2v) is 10.5. The second-order valence-electron chi connectivity index (χ2n) is 7.69. The van der Waals surface area contributed by atoms with Crippen LogP contribution < -0.4 is 0 Å². The van der Waals surface area contributed by atoms with Gasteiger partial charge in [-0.25, -0.2) is 8.42 Å². The maximum atomic E-state index is 13.1. The molecule has 4 rings (SSSR count). The van der Waals surface area contributed by atoms with Crippen molar-refractivity contribution in [2.75, 3.05) is 26.7 Å². The highest BCUT2D eigenvalue weighted by molar-refractivity contribution is 7.89. The molecule has 3 aromatic rings. The summed E-state index contributed by atoms with van der Waals surface area (Å²) in [4.78, 5) is 15.2. The van der Waals surface area contributed by atoms with Crippen LogP contribution in [0.3, 0.4) is 0 Å². The Balaban J connectivity index is 1.50. The fourth-order valence-corrected chi connectivity index (χ4v) is 6.88. The third kappa shape index (κ3) is 4.15. The van der Waals surface area contributed by atoms with Gasteiger partial charge in [0.05, 0.1) is 0 Å². The lowest BCUT2D eigenvalue weighted by Gasteiger charge is -2.26. The summed E-state index contributed by atoms with van der Waals surface area (Å²) in [7, 11) is -1.89. The maximum absolute atomic E-state index is 13.1. The summed E-state index contributed by atoms with van der Waals surface area (Å²) < 4.78 is 27.7. The predicted molar refractivity (Wildman–Crippen MR) is 122 cm³/mol. The van der Waals surface area contributed by atoms with E-state index in [1.54, 1.807) is 23.4 Å². The van der Waals surface area contributed by atoms with Crippen molar-refractivity contribution in [3.05, 3.63) is 64.4 Å². The van der Waals surface area contributed by atoms with Crippen LogP contribution in [0.2, 0.25) is 0 Å². The van der Waals surface area contributed by atoms with E-state index in [4.69, 9.17) is 0 Å². The van der Waals surface area contributed by atoms with Gasteiger partial charge in [-0.05, 0) is 47.0 Å². The summed E-state index contributed by atoms with van der Waals surface area (Å²) in [6, 6.07) is 16.0. The molecular formula is C23H26N2O3S2. The van der Waals surface area contributed by atoms with Crippen molar-refractivity contribution >= 4 is 38.0 Å². The number of hydrogen-bond acceptors (Lipinski definition) is 4. The van der Waals surface area contributed by atoms with Crippen LogP contribution in [0.4, 0.5) is 0 Å². The van der Waals surface area contributed by atoms with Crippen LogP contribution in [0.1, 0.15) is 34.5 Å². The van der Waals surface area contributed by atoms with Gasteiger partial charge in [-0.2, -0.15) is 4.31 Å². The zero-order valence-electron chi connectivity index (χ0n) is 17.1. The zero-order valence-corrected chi connectivity index (χ0v) is 18.7. The molecule has 0 radical (unpaired) electrons. The molecule has 0 bridgehead atoms. The molecule has 0 atom stereocenters. The maximum Gasteiger partial charge on any atom is 0.265 e. The largest absolute Gasteiger partial charge is 0.341 e. The first-order chi connectivity index (χ1) is 14.5. The van der Waals surface area contributed by atoms with E-state index in [1.807, 2.05) is 18.2 Å². The van der Waals surface area contributed by atoms with Crippen molar-refractivity contribution in [3.63, 3.8) is 0 Å². The average molecular weight is 443 g/mol. The minimum atomic E-state index is -3.63. The fraction of sp³-hybridized carbons (Fsp3) is 0.348. The Hall–Kier alpha value is -2.22. The Bertz CT molecular complexity index is 1140. The molecule has 1 aromatic heterocycles. The number of piperidine rings is 1. The van der Waals surface area contributed by atoms with E-state index in [2.05, 4.69) is 24.3 Å². The van der Waals surface area contributed by atoms with Crippen molar-refractivity contribution in [1.29, 1.82) is 0 Å². The standard InChI is InChI=1S/C23H26N2O3S2/c1-24(16-12-19-10-7-9-18-8-3-4-11-20(18)19)23(26)22-21(13-17-29-22)30(27,28)25-14-5-2-6-15-25/h3-4,7-11,13,17H,2,5-6,12,14-16H2,1H3. The summed E-state index contributed by atoms with van der Waals surface area (Å²) in [5, 5.41) is 4.06. The number of sulfonamides is 1. The number of likely N-dealkylation sites (N-methyl/N-ethyl adjacent to an activating group) is 1. The van der Waals surface area contributed by atoms with Crippen molar-refractivity contribution < 1.29 is 13.2 Å². The van der Waals surface area contributed by atoms with Gasteiger partial charge in [0.1, 0.15) is 9.77 Å². The van der Waals surface area contributed by atoms with Gasteiger partial charge in [-0.1, -0.05) is 48.9 Å². The second kappa shape index (κ2) is 8.88. The number of nitrogens with zero attached hydrogens (tertiary/aromatic N) is 2. The van der Waals surface area contributed by atoms with E-state index in [-0.39, 0.29) is 10.8 Å². The van der Waals surface area contributed by atoms with Gasteiger partial charge in [0.2, 0.25) is 10.0 Å². The normalized spacial score (nSPS) is 15.4. The third-order valence-corrected chi connectivity index (χ3v) is 8.67. The zero-order chi connectivity index (χ0) is 21.1. The van der Waals surface area contributed by atoms with Gasteiger partial charge >= 0.3 is 0 Å². The number of rotatable bonds is 6. The molecule has 0 spiro atoms. The fourth-order valence-electron chi connectivity index (χ4n) is 3.97. The van der Waals surface area contributed by atoms with Gasteiger partial charge in [0, 0.05) is 26.7 Å². The van der Waals surface area contributed by atoms with Crippen LogP contribution in [0.25, 0.3) is 10.8 Å². The molecule has 7 heteroatoms. The summed E-state index contributed by atoms with van der Waals surface area (Å²) in [6.45, 7) is 1.58. The van der Waals surface area contributed by atoms with E-state index in [0.717, 1.165) is 19.3 Å². The van der Waals surface area contributed by atoms with Crippen LogP contribution in [0.5, 0.6) is 0 Å². The highest BCUT2D eigenvalue weighted by Crippen LogP contribution is 2.28. The number of carbonyl (C=O) groups excluding carboxylic acids is 1. The van der Waals surface area contributed by atoms with Gasteiger partial charge < -0.3 is 4.90 Å². The Morgan fingerprint density at radius 1 is 1.03 bits per heavy atom. The number of amides is 1. The van der Waals surface area contributed by atoms with Crippen LogP contribution >= 0.6 is 11.3 Å². The monoisotopic (exact) mass is 442 g/mol. The summed E-state index contributed by atoms with van der Waals surface area (Å²) in [5.74, 6) is -0.235. The molecule has 1 saturated heterocycles. The highest BCUT2D eigenvalue weighted by atomic mass is 32.2. The lowest BCUT2D eigenvalue weighted by Crippen LogP contribution is -2.37. The van der Waals surface area contributed by atoms with Crippen LogP contribution in [-0.2, 0) is 16.4 Å². The molecule has 0 N–H and O–H groups in total. The third-order valence-electron chi connectivity index (χ3n) is 5.70. The molecule has 2 heterocycles. The van der Waals surface area contributed by atoms with Crippen LogP contribution in [0, 0.1) is 0 Å². The molecule has 0 unspecified atom stereocenters. The Morgan fingerprint density at radius 3 is 2.57 bits per heavy atom. The van der Waals surface area contributed by atoms with Gasteiger partial charge in [0.15, 0.2) is 0 Å². The molecule has 0 aliphatic carbocycles. The molecule has 5 nitrogen and oxygen atoms in total. The minimum absolute atomic E-state index is 0.149. The molecule has 2 aromatic carbocycles. The topological polar surface area (TPSA) is 57.7 Å². The van der Waals surface area contributed by atoms with Gasteiger partial charge in [-0.15, -0.1) is 11.3 Å². The number of thiophene rings is 1. The average Bonchev–Trinajstić information content (AvgIpc) is 3.28. The van der Waals surface area contributed by atoms with Gasteiger partial charge in [-0.3, -0.25) is 4.79 Å². The molecule has 30 heavy (non-hydrogen) atoms. The first-order valence-electron chi connectivity index (χ1n) is 10.3. The number of benzene rings is 2. The Labute approximate surface area is 182 Å². The predicted octanol–water partition coefficient (Wildman–Crippen LogP) is 4.39. The minimum Gasteiger partial charge on any atom is -0.341 e. The summed E-state index contributed by atoms with van der Waals surface area (Å²) in [5.41, 5.74) is 1.18. The van der Waals surface area contributed by atoms with Crippen LogP contribution in [0.15, 0.2) is 58.8 Å². The number of carbonyl (C=O) groups is 1. The Morgan fingerprint density at radius 2 is 1.77 bits per heavy atom. The smallest absolute Gasteiger partial charge is 0.265 e. The van der Waals surface area contributed by atoms with Crippen molar-refractivity contribution in [2.24, 2.45) is 0 Å². The number of fused-ring (bicyclic) bond motifs is 1. The van der Waals surface area contributed by atoms with Crippen molar-refractivity contribution in [3.8, 4) is 0 Å². The van der Waals surface area contributed by atoms with E-state index < -0.39 is 10.0 Å². The van der Waals surface area contributed by atoms with E-state index >= 15 is 0 Å². The van der Waals surface area contributed by atoms with E-state index in [9.17, 15) is 13.2 Å². The van der Waals surface area contributed by atoms with Gasteiger partial charge in [0.25, 0.3) is 5.91 Å².